The number of anilines is 1. The number of rotatable bonds is 4. The van der Waals surface area contributed by atoms with Gasteiger partial charge in [-0.25, -0.2) is 4.39 Å². The molecule has 30 heavy (non-hydrogen) atoms. The van der Waals surface area contributed by atoms with E-state index in [0.29, 0.717) is 34.4 Å². The van der Waals surface area contributed by atoms with E-state index < -0.39 is 0 Å². The zero-order chi connectivity index (χ0) is 20.8. The van der Waals surface area contributed by atoms with Crippen LogP contribution in [0.15, 0.2) is 30.3 Å². The number of carbonyl (C=O) groups is 1. The van der Waals surface area contributed by atoms with E-state index in [2.05, 4.69) is 9.69 Å². The van der Waals surface area contributed by atoms with Crippen molar-refractivity contribution >= 4 is 23.1 Å². The highest BCUT2D eigenvalue weighted by Gasteiger charge is 2.37. The Balaban J connectivity index is 1.66. The molecule has 5 rings (SSSR count). The first-order valence-corrected chi connectivity index (χ1v) is 9.98. The Morgan fingerprint density at radius 3 is 2.67 bits per heavy atom. The fourth-order valence-corrected chi connectivity index (χ4v) is 4.80. The minimum Gasteiger partial charge on any atom is -0.493 e. The molecule has 2 aromatic carbocycles. The molecule has 0 fully saturated rings. The Kier molecular flexibility index (Phi) is 4.47. The number of hydrogen-bond donors (Lipinski definition) is 1. The highest BCUT2D eigenvalue weighted by atomic mass is 32.1. The number of carbonyl (C=O) groups excluding carboxylic acids is 1. The predicted molar refractivity (Wildman–Crippen MR) is 108 cm³/mol. The van der Waals surface area contributed by atoms with Crippen LogP contribution in [0.2, 0.25) is 0 Å². The van der Waals surface area contributed by atoms with Crippen molar-refractivity contribution in [1.82, 2.24) is 4.37 Å². The number of nitrogens with zero attached hydrogens (tertiary/aromatic N) is 1. The summed E-state index contributed by atoms with van der Waals surface area (Å²) in [4.78, 5) is 13.5. The summed E-state index contributed by atoms with van der Waals surface area (Å²) in [6, 6.07) is 7.84. The summed E-state index contributed by atoms with van der Waals surface area (Å²) in [5.74, 6) is 1.17. The minimum atomic E-state index is -0.332. The molecule has 0 unspecified atom stereocenters. The van der Waals surface area contributed by atoms with Crippen LogP contribution >= 0.6 is 11.5 Å². The number of aromatic nitrogens is 1. The molecule has 1 atom stereocenters. The van der Waals surface area contributed by atoms with Crippen molar-refractivity contribution in [3.63, 3.8) is 0 Å². The maximum absolute atomic E-state index is 13.3. The van der Waals surface area contributed by atoms with Crippen LogP contribution < -0.4 is 24.3 Å². The summed E-state index contributed by atoms with van der Waals surface area (Å²) in [5, 5.41) is 2.93. The molecular formula is C21H17FN2O5S. The predicted octanol–water partition coefficient (Wildman–Crippen LogP) is 4.17. The second kappa shape index (κ2) is 7.17. The van der Waals surface area contributed by atoms with Crippen molar-refractivity contribution in [3.8, 4) is 34.3 Å². The topological polar surface area (TPSA) is 78.9 Å². The van der Waals surface area contributed by atoms with Gasteiger partial charge in [-0.1, -0.05) is 0 Å². The molecule has 0 saturated carbocycles. The molecule has 2 aliphatic rings. The van der Waals surface area contributed by atoms with E-state index in [1.807, 2.05) is 6.07 Å². The van der Waals surface area contributed by atoms with Gasteiger partial charge >= 0.3 is 0 Å². The van der Waals surface area contributed by atoms with Crippen molar-refractivity contribution in [2.45, 2.75) is 12.3 Å². The number of halogens is 1. The van der Waals surface area contributed by atoms with Gasteiger partial charge in [0.05, 0.1) is 24.8 Å². The van der Waals surface area contributed by atoms with Gasteiger partial charge in [0.2, 0.25) is 24.2 Å². The van der Waals surface area contributed by atoms with Crippen molar-refractivity contribution in [2.24, 2.45) is 0 Å². The number of fused-ring (bicyclic) bond motifs is 2. The van der Waals surface area contributed by atoms with Crippen LogP contribution in [0.5, 0.6) is 23.0 Å². The number of nitrogens with one attached hydrogen (secondary N) is 1. The molecular weight excluding hydrogens is 411 g/mol. The monoisotopic (exact) mass is 428 g/mol. The van der Waals surface area contributed by atoms with Gasteiger partial charge in [-0.15, -0.1) is 0 Å². The first-order valence-electron chi connectivity index (χ1n) is 9.20. The highest BCUT2D eigenvalue weighted by Crippen LogP contribution is 2.55. The zero-order valence-corrected chi connectivity index (χ0v) is 17.0. The summed E-state index contributed by atoms with van der Waals surface area (Å²) in [7, 11) is 3.10. The molecule has 154 valence electrons. The number of benzene rings is 2. The maximum atomic E-state index is 13.3. The molecule has 7 nitrogen and oxygen atoms in total. The standard InChI is InChI=1S/C21H17FN2O5S/c1-26-14-7-12(18(27-2)20-19(14)28-9-29-20)13-8-15(25)23-17-16(24-30-21(13)17)10-3-5-11(22)6-4-10/h3-7,13H,8-9H2,1-2H3,(H,23,25)/t13-/m0/s1. The zero-order valence-electron chi connectivity index (χ0n) is 16.2. The number of ether oxygens (including phenoxy) is 4. The van der Waals surface area contributed by atoms with Crippen LogP contribution in [0.1, 0.15) is 22.8 Å². The summed E-state index contributed by atoms with van der Waals surface area (Å²) in [6.45, 7) is 0.0666. The van der Waals surface area contributed by atoms with Crippen molar-refractivity contribution < 1.29 is 28.1 Å². The third-order valence-electron chi connectivity index (χ3n) is 5.20. The van der Waals surface area contributed by atoms with Crippen molar-refractivity contribution in [2.75, 3.05) is 26.3 Å². The Morgan fingerprint density at radius 1 is 1.17 bits per heavy atom. The Morgan fingerprint density at radius 2 is 1.93 bits per heavy atom. The van der Waals surface area contributed by atoms with Crippen LogP contribution in [0, 0.1) is 5.82 Å². The van der Waals surface area contributed by atoms with Gasteiger partial charge in [-0.05, 0) is 41.9 Å². The van der Waals surface area contributed by atoms with Crippen LogP contribution in [0.3, 0.4) is 0 Å². The first-order chi connectivity index (χ1) is 14.6. The van der Waals surface area contributed by atoms with E-state index in [-0.39, 0.29) is 30.9 Å². The van der Waals surface area contributed by atoms with Gasteiger partial charge in [0, 0.05) is 23.5 Å². The number of amides is 1. The molecule has 1 amide bonds. The first kappa shape index (κ1) is 18.7. The second-order valence-electron chi connectivity index (χ2n) is 6.85. The summed E-state index contributed by atoms with van der Waals surface area (Å²) in [6.07, 6.45) is 0.219. The molecule has 0 spiro atoms. The van der Waals surface area contributed by atoms with E-state index in [9.17, 15) is 9.18 Å². The fourth-order valence-electron chi connectivity index (χ4n) is 3.84. The smallest absolute Gasteiger partial charge is 0.231 e. The lowest BCUT2D eigenvalue weighted by molar-refractivity contribution is -0.116. The average molecular weight is 428 g/mol. The van der Waals surface area contributed by atoms with Gasteiger partial charge in [-0.3, -0.25) is 4.79 Å². The van der Waals surface area contributed by atoms with Crippen LogP contribution in [0.4, 0.5) is 10.1 Å². The third kappa shape index (κ3) is 2.85. The Bertz CT molecular complexity index is 1150. The molecule has 3 heterocycles. The summed E-state index contributed by atoms with van der Waals surface area (Å²) in [5.41, 5.74) is 2.72. The van der Waals surface area contributed by atoms with Gasteiger partial charge in [-0.2, -0.15) is 4.37 Å². The summed E-state index contributed by atoms with van der Waals surface area (Å²) >= 11 is 1.30. The normalized spacial score (nSPS) is 16.8. The minimum absolute atomic E-state index is 0.0666. The van der Waals surface area contributed by atoms with Crippen LogP contribution in [0.25, 0.3) is 11.3 Å². The number of methoxy groups -OCH3 is 2. The van der Waals surface area contributed by atoms with Gasteiger partial charge in [0.1, 0.15) is 11.5 Å². The van der Waals surface area contributed by atoms with Crippen LogP contribution in [-0.4, -0.2) is 31.3 Å². The lowest BCUT2D eigenvalue weighted by Gasteiger charge is -2.25. The number of hydrogen-bond acceptors (Lipinski definition) is 7. The molecule has 0 aliphatic carbocycles. The van der Waals surface area contributed by atoms with Crippen molar-refractivity contribution in [1.29, 1.82) is 0 Å². The molecule has 2 aliphatic heterocycles. The maximum Gasteiger partial charge on any atom is 0.231 e. The average Bonchev–Trinajstić information content (AvgIpc) is 3.40. The quantitative estimate of drug-likeness (QED) is 0.672. The largest absolute Gasteiger partial charge is 0.493 e. The Hall–Kier alpha value is -3.33. The van der Waals surface area contributed by atoms with Gasteiger partial charge in [0.25, 0.3) is 0 Å². The SMILES string of the molecule is COc1cc([C@@H]2CC(=O)Nc3c(-c4ccc(F)cc4)nsc32)c(OC)c2c1OCO2. The Labute approximate surface area is 175 Å². The molecule has 0 radical (unpaired) electrons. The highest BCUT2D eigenvalue weighted by molar-refractivity contribution is 7.07. The van der Waals surface area contributed by atoms with E-state index in [1.165, 1.54) is 23.7 Å². The lowest BCUT2D eigenvalue weighted by Crippen LogP contribution is -2.23. The van der Waals surface area contributed by atoms with Gasteiger partial charge < -0.3 is 24.3 Å². The molecule has 1 aromatic heterocycles. The molecule has 0 saturated heterocycles. The van der Waals surface area contributed by atoms with E-state index in [1.54, 1.807) is 26.4 Å². The molecule has 1 N–H and O–H groups in total. The van der Waals surface area contributed by atoms with Gasteiger partial charge in [0.15, 0.2) is 11.5 Å². The fraction of sp³-hybridized carbons (Fsp3) is 0.238. The molecule has 0 bridgehead atoms. The van der Waals surface area contributed by atoms with E-state index >= 15 is 0 Å². The van der Waals surface area contributed by atoms with Crippen LogP contribution in [-0.2, 0) is 4.79 Å². The summed E-state index contributed by atoms with van der Waals surface area (Å²) < 4.78 is 40.2. The lowest BCUT2D eigenvalue weighted by atomic mass is 9.88. The van der Waals surface area contributed by atoms with E-state index in [4.69, 9.17) is 18.9 Å². The third-order valence-corrected chi connectivity index (χ3v) is 6.16. The van der Waals surface area contributed by atoms with E-state index in [0.717, 1.165) is 16.0 Å². The molecule has 3 aromatic rings. The second-order valence-corrected chi connectivity index (χ2v) is 7.65. The molecule has 9 heteroatoms. The van der Waals surface area contributed by atoms with Crippen molar-refractivity contribution in [3.05, 3.63) is 46.6 Å².